The number of carbonyl (C=O) groups excluding carboxylic acids is 1. The lowest BCUT2D eigenvalue weighted by Crippen LogP contribution is -2.46. The van der Waals surface area contributed by atoms with E-state index < -0.39 is 9.84 Å². The van der Waals surface area contributed by atoms with Gasteiger partial charge in [-0.25, -0.2) is 8.42 Å². The molecule has 0 atom stereocenters. The van der Waals surface area contributed by atoms with Crippen molar-refractivity contribution in [2.45, 2.75) is 10.6 Å². The average molecular weight is 440 g/mol. The van der Waals surface area contributed by atoms with Crippen LogP contribution in [0.25, 0.3) is 10.4 Å². The molecule has 0 saturated carbocycles. The molecule has 2 aromatic rings. The van der Waals surface area contributed by atoms with Crippen LogP contribution in [-0.4, -0.2) is 70.4 Å². The fourth-order valence-corrected chi connectivity index (χ4v) is 6.72. The number of halogens is 1. The number of thiophene rings is 1. The number of hydrogen-bond acceptors (Lipinski definition) is 6. The SMILES string of the molecule is CN1CCN(CCNC(=O)c2cc3c(s2)-c2ccc(Cl)cc2S(=O)(=O)C3)CC1. The van der Waals surface area contributed by atoms with Crippen molar-refractivity contribution >= 4 is 38.7 Å². The van der Waals surface area contributed by atoms with Gasteiger partial charge in [0.15, 0.2) is 9.84 Å². The van der Waals surface area contributed by atoms with E-state index in [1.807, 2.05) is 0 Å². The van der Waals surface area contributed by atoms with Crippen molar-refractivity contribution < 1.29 is 13.2 Å². The van der Waals surface area contributed by atoms with Crippen LogP contribution in [0.1, 0.15) is 15.2 Å². The first-order chi connectivity index (χ1) is 13.3. The van der Waals surface area contributed by atoms with Crippen molar-refractivity contribution in [3.63, 3.8) is 0 Å². The lowest BCUT2D eigenvalue weighted by atomic mass is 10.1. The number of carbonyl (C=O) groups is 1. The average Bonchev–Trinajstić information content (AvgIpc) is 3.06. The number of piperazine rings is 1. The highest BCUT2D eigenvalue weighted by Crippen LogP contribution is 2.43. The Kier molecular flexibility index (Phi) is 5.50. The Hall–Kier alpha value is -1.45. The highest BCUT2D eigenvalue weighted by molar-refractivity contribution is 7.91. The summed E-state index contributed by atoms with van der Waals surface area (Å²) in [5.41, 5.74) is 1.32. The second-order valence-electron chi connectivity index (χ2n) is 7.27. The third-order valence-corrected chi connectivity index (χ3v) is 8.35. The quantitative estimate of drug-likeness (QED) is 0.791. The summed E-state index contributed by atoms with van der Waals surface area (Å²) < 4.78 is 25.1. The Labute approximate surface area is 174 Å². The second-order valence-corrected chi connectivity index (χ2v) is 10.7. The van der Waals surface area contributed by atoms with Gasteiger partial charge in [0.05, 0.1) is 15.5 Å². The molecule has 1 N–H and O–H groups in total. The van der Waals surface area contributed by atoms with E-state index in [1.165, 1.54) is 17.4 Å². The number of hydrogen-bond donors (Lipinski definition) is 1. The zero-order valence-electron chi connectivity index (χ0n) is 15.6. The lowest BCUT2D eigenvalue weighted by molar-refractivity contribution is 0.0945. The minimum absolute atomic E-state index is 0.0965. The van der Waals surface area contributed by atoms with Gasteiger partial charge in [0.2, 0.25) is 0 Å². The Bertz CT molecular complexity index is 1010. The van der Waals surface area contributed by atoms with Crippen LogP contribution in [0.5, 0.6) is 0 Å². The van der Waals surface area contributed by atoms with Crippen molar-refractivity contribution in [3.8, 4) is 10.4 Å². The van der Waals surface area contributed by atoms with Gasteiger partial charge in [0.1, 0.15) is 0 Å². The maximum atomic E-state index is 12.6. The molecule has 0 unspecified atom stereocenters. The Morgan fingerprint density at radius 1 is 1.21 bits per heavy atom. The highest BCUT2D eigenvalue weighted by Gasteiger charge is 2.31. The number of amides is 1. The molecule has 1 aromatic carbocycles. The molecule has 150 valence electrons. The Morgan fingerprint density at radius 2 is 1.96 bits per heavy atom. The van der Waals surface area contributed by atoms with Crippen LogP contribution in [0.4, 0.5) is 0 Å². The molecule has 6 nitrogen and oxygen atoms in total. The lowest BCUT2D eigenvalue weighted by Gasteiger charge is -2.32. The summed E-state index contributed by atoms with van der Waals surface area (Å²) in [6.45, 7) is 5.51. The van der Waals surface area contributed by atoms with Crippen LogP contribution < -0.4 is 5.32 Å². The second kappa shape index (κ2) is 7.76. The number of nitrogens with zero attached hydrogens (tertiary/aromatic N) is 2. The zero-order chi connectivity index (χ0) is 19.9. The summed E-state index contributed by atoms with van der Waals surface area (Å²) in [5, 5.41) is 3.36. The number of fused-ring (bicyclic) bond motifs is 3. The number of likely N-dealkylation sites (N-methyl/N-ethyl adjacent to an activating group) is 1. The molecule has 0 aliphatic carbocycles. The van der Waals surface area contributed by atoms with E-state index in [-0.39, 0.29) is 16.6 Å². The first-order valence-corrected chi connectivity index (χ1v) is 12.0. The van der Waals surface area contributed by atoms with E-state index in [0.29, 0.717) is 27.6 Å². The molecule has 9 heteroatoms. The summed E-state index contributed by atoms with van der Waals surface area (Å²) in [6.07, 6.45) is 0. The van der Waals surface area contributed by atoms with Gasteiger partial charge in [-0.15, -0.1) is 11.3 Å². The third kappa shape index (κ3) is 3.97. The molecule has 0 radical (unpaired) electrons. The number of benzene rings is 1. The van der Waals surface area contributed by atoms with Gasteiger partial charge in [0.25, 0.3) is 5.91 Å². The zero-order valence-corrected chi connectivity index (χ0v) is 18.0. The molecular formula is C19H22ClN3O3S2. The largest absolute Gasteiger partial charge is 0.350 e. The van der Waals surface area contributed by atoms with Crippen LogP contribution in [-0.2, 0) is 15.6 Å². The van der Waals surface area contributed by atoms with Crippen LogP contribution in [0, 0.1) is 0 Å². The molecule has 3 heterocycles. The Morgan fingerprint density at radius 3 is 2.71 bits per heavy atom. The summed E-state index contributed by atoms with van der Waals surface area (Å²) in [6, 6.07) is 6.60. The maximum Gasteiger partial charge on any atom is 0.261 e. The summed E-state index contributed by atoms with van der Waals surface area (Å²) in [5.74, 6) is -0.248. The monoisotopic (exact) mass is 439 g/mol. The van der Waals surface area contributed by atoms with Crippen LogP contribution in [0.2, 0.25) is 5.02 Å². The van der Waals surface area contributed by atoms with Crippen molar-refractivity contribution in [2.24, 2.45) is 0 Å². The fourth-order valence-electron chi connectivity index (χ4n) is 3.59. The normalized spacial score (nSPS) is 19.1. The molecule has 0 bridgehead atoms. The topological polar surface area (TPSA) is 69.7 Å². The molecule has 0 spiro atoms. The van der Waals surface area contributed by atoms with E-state index >= 15 is 0 Å². The Balaban J connectivity index is 1.46. The van der Waals surface area contributed by atoms with Gasteiger partial charge < -0.3 is 10.2 Å². The molecule has 28 heavy (non-hydrogen) atoms. The predicted octanol–water partition coefficient (Wildman–Crippen LogP) is 2.33. The molecule has 2 aliphatic heterocycles. The van der Waals surface area contributed by atoms with Gasteiger partial charge in [0, 0.05) is 54.7 Å². The van der Waals surface area contributed by atoms with Gasteiger partial charge >= 0.3 is 0 Å². The standard InChI is InChI=1S/C19H22ClN3O3S2/c1-22-6-8-23(9-7-22)5-4-21-19(24)16-10-13-12-28(25,26)17-11-14(20)2-3-15(17)18(13)27-16/h2-3,10-11H,4-9,12H2,1H3,(H,21,24). The van der Waals surface area contributed by atoms with Crippen LogP contribution in [0.15, 0.2) is 29.2 Å². The number of rotatable bonds is 4. The third-order valence-electron chi connectivity index (χ3n) is 5.21. The number of nitrogens with one attached hydrogen (secondary N) is 1. The van der Waals surface area contributed by atoms with Crippen molar-refractivity contribution in [3.05, 3.63) is 39.7 Å². The predicted molar refractivity (Wildman–Crippen MR) is 112 cm³/mol. The van der Waals surface area contributed by atoms with Gasteiger partial charge in [-0.2, -0.15) is 0 Å². The minimum atomic E-state index is -3.45. The first-order valence-electron chi connectivity index (χ1n) is 9.18. The van der Waals surface area contributed by atoms with E-state index in [4.69, 9.17) is 11.6 Å². The number of sulfone groups is 1. The minimum Gasteiger partial charge on any atom is -0.350 e. The molecule has 1 aromatic heterocycles. The summed E-state index contributed by atoms with van der Waals surface area (Å²) in [7, 11) is -1.33. The van der Waals surface area contributed by atoms with Gasteiger partial charge in [-0.1, -0.05) is 17.7 Å². The molecule has 1 fully saturated rings. The fraction of sp³-hybridized carbons (Fsp3) is 0.421. The molecule has 4 rings (SSSR count). The molecular weight excluding hydrogens is 418 g/mol. The molecule has 1 saturated heterocycles. The highest BCUT2D eigenvalue weighted by atomic mass is 35.5. The van der Waals surface area contributed by atoms with Crippen molar-refractivity contribution in [1.29, 1.82) is 0 Å². The first kappa shape index (κ1) is 19.8. The molecule has 1 amide bonds. The van der Waals surface area contributed by atoms with E-state index in [0.717, 1.165) is 37.6 Å². The van der Waals surface area contributed by atoms with Gasteiger partial charge in [-0.05, 0) is 30.8 Å². The van der Waals surface area contributed by atoms with Crippen molar-refractivity contribution in [1.82, 2.24) is 15.1 Å². The van der Waals surface area contributed by atoms with Crippen LogP contribution in [0.3, 0.4) is 0 Å². The molecule has 2 aliphatic rings. The summed E-state index contributed by atoms with van der Waals surface area (Å²) in [4.78, 5) is 18.8. The van der Waals surface area contributed by atoms with Crippen LogP contribution >= 0.6 is 22.9 Å². The maximum absolute atomic E-state index is 12.6. The summed E-state index contributed by atoms with van der Waals surface area (Å²) >= 11 is 7.32. The van der Waals surface area contributed by atoms with E-state index in [1.54, 1.807) is 18.2 Å². The smallest absolute Gasteiger partial charge is 0.261 e. The van der Waals surface area contributed by atoms with E-state index in [2.05, 4.69) is 22.2 Å². The van der Waals surface area contributed by atoms with Gasteiger partial charge in [-0.3, -0.25) is 9.69 Å². The van der Waals surface area contributed by atoms with Crippen molar-refractivity contribution in [2.75, 3.05) is 46.3 Å². The van der Waals surface area contributed by atoms with E-state index in [9.17, 15) is 13.2 Å².